The van der Waals surface area contributed by atoms with Gasteiger partial charge in [-0.05, 0) is 35.2 Å². The summed E-state index contributed by atoms with van der Waals surface area (Å²) < 4.78 is 38.7. The number of anilines is 1. The van der Waals surface area contributed by atoms with E-state index < -0.39 is 29.6 Å². The number of carbonyl (C=O) groups is 2. The van der Waals surface area contributed by atoms with E-state index in [2.05, 4.69) is 10.6 Å². The molecule has 0 bridgehead atoms. The highest BCUT2D eigenvalue weighted by atomic mass is 32.1. The van der Waals surface area contributed by atoms with E-state index >= 15 is 0 Å². The summed E-state index contributed by atoms with van der Waals surface area (Å²) in [5.74, 6) is -1.08. The Morgan fingerprint density at radius 3 is 2.32 bits per heavy atom. The molecule has 3 aromatic rings. The van der Waals surface area contributed by atoms with Crippen LogP contribution < -0.4 is 10.6 Å². The monoisotopic (exact) mass is 404 g/mol. The average molecular weight is 404 g/mol. The average Bonchev–Trinajstić information content (AvgIpc) is 3.21. The van der Waals surface area contributed by atoms with Crippen LogP contribution >= 0.6 is 11.3 Å². The van der Waals surface area contributed by atoms with Crippen molar-refractivity contribution in [2.75, 3.05) is 5.32 Å². The molecule has 2 N–H and O–H groups in total. The Balaban J connectivity index is 1.84. The maximum absolute atomic E-state index is 12.9. The molecule has 0 unspecified atom stereocenters. The lowest BCUT2D eigenvalue weighted by Gasteiger charge is -2.19. The fourth-order valence-corrected chi connectivity index (χ4v) is 3.17. The van der Waals surface area contributed by atoms with Gasteiger partial charge in [0, 0.05) is 5.69 Å². The van der Waals surface area contributed by atoms with Gasteiger partial charge in [-0.3, -0.25) is 9.59 Å². The van der Waals surface area contributed by atoms with Gasteiger partial charge in [0.15, 0.2) is 0 Å². The Morgan fingerprint density at radius 2 is 1.68 bits per heavy atom. The third-order valence-corrected chi connectivity index (χ3v) is 4.74. The van der Waals surface area contributed by atoms with Crippen molar-refractivity contribution in [1.82, 2.24) is 5.32 Å². The summed E-state index contributed by atoms with van der Waals surface area (Å²) in [5, 5.41) is 6.82. The van der Waals surface area contributed by atoms with Crippen molar-refractivity contribution < 1.29 is 22.8 Å². The van der Waals surface area contributed by atoms with Gasteiger partial charge in [-0.15, -0.1) is 11.3 Å². The predicted octanol–water partition coefficient (Wildman–Crippen LogP) is 4.88. The zero-order chi connectivity index (χ0) is 20.1. The summed E-state index contributed by atoms with van der Waals surface area (Å²) in [6.45, 7) is 0. The van der Waals surface area contributed by atoms with E-state index in [1.54, 1.807) is 47.8 Å². The highest BCUT2D eigenvalue weighted by molar-refractivity contribution is 7.12. The number of rotatable bonds is 5. The van der Waals surface area contributed by atoms with Crippen molar-refractivity contribution in [3.63, 3.8) is 0 Å². The van der Waals surface area contributed by atoms with Crippen LogP contribution in [0.3, 0.4) is 0 Å². The van der Waals surface area contributed by atoms with Gasteiger partial charge in [0.05, 0.1) is 10.4 Å². The first-order chi connectivity index (χ1) is 13.3. The van der Waals surface area contributed by atoms with Gasteiger partial charge in [0.2, 0.25) is 0 Å². The number of nitrogens with one attached hydrogen (secondary N) is 2. The lowest BCUT2D eigenvalue weighted by atomic mass is 10.1. The number of carbonyl (C=O) groups excluding carboxylic acids is 2. The number of amides is 2. The summed E-state index contributed by atoms with van der Waals surface area (Å²) in [5.41, 5.74) is -0.368. The Hall–Kier alpha value is -3.13. The third kappa shape index (κ3) is 4.77. The first kappa shape index (κ1) is 19.6. The Morgan fingerprint density at radius 1 is 0.929 bits per heavy atom. The van der Waals surface area contributed by atoms with E-state index in [4.69, 9.17) is 0 Å². The number of hydrogen-bond acceptors (Lipinski definition) is 3. The number of halogens is 3. The maximum atomic E-state index is 12.9. The van der Waals surface area contributed by atoms with Crippen molar-refractivity contribution >= 4 is 28.8 Å². The lowest BCUT2D eigenvalue weighted by molar-refractivity contribution is -0.137. The molecule has 0 aliphatic rings. The van der Waals surface area contributed by atoms with Gasteiger partial charge in [-0.2, -0.15) is 13.2 Å². The molecule has 2 aromatic carbocycles. The molecular formula is C20H15F3N2O2S. The van der Waals surface area contributed by atoms with Crippen LogP contribution in [0.2, 0.25) is 0 Å². The molecule has 1 heterocycles. The number of alkyl halides is 3. The minimum absolute atomic E-state index is 0.00821. The highest BCUT2D eigenvalue weighted by Crippen LogP contribution is 2.31. The van der Waals surface area contributed by atoms with Gasteiger partial charge >= 0.3 is 6.18 Å². The van der Waals surface area contributed by atoms with Crippen molar-refractivity contribution in [1.29, 1.82) is 0 Å². The normalized spacial score (nSPS) is 12.2. The molecule has 0 aliphatic heterocycles. The van der Waals surface area contributed by atoms with Crippen molar-refractivity contribution in [2.24, 2.45) is 0 Å². The first-order valence-electron chi connectivity index (χ1n) is 8.22. The standard InChI is InChI=1S/C20H15F3N2O2S/c21-20(22,23)14-8-4-9-15(12-14)24-19(27)17(13-6-2-1-3-7-13)25-18(26)16-10-5-11-28-16/h1-12,17H,(H,24,27)(H,25,26)/t17-/m1/s1. The van der Waals surface area contributed by atoms with Crippen LogP contribution in [0.15, 0.2) is 72.1 Å². The van der Waals surface area contributed by atoms with Gasteiger partial charge in [0.1, 0.15) is 6.04 Å². The molecule has 4 nitrogen and oxygen atoms in total. The number of benzene rings is 2. The summed E-state index contributed by atoms with van der Waals surface area (Å²) in [6, 6.07) is 15.1. The van der Waals surface area contributed by atoms with Crippen molar-refractivity contribution in [3.8, 4) is 0 Å². The van der Waals surface area contributed by atoms with E-state index in [9.17, 15) is 22.8 Å². The molecule has 0 saturated heterocycles. The van der Waals surface area contributed by atoms with E-state index in [1.807, 2.05) is 0 Å². The second kappa shape index (κ2) is 8.26. The highest BCUT2D eigenvalue weighted by Gasteiger charge is 2.31. The van der Waals surface area contributed by atoms with Crippen LogP contribution in [0, 0.1) is 0 Å². The summed E-state index contributed by atoms with van der Waals surface area (Å²) in [4.78, 5) is 25.6. The van der Waals surface area contributed by atoms with Crippen LogP contribution in [-0.4, -0.2) is 11.8 Å². The number of thiophene rings is 1. The zero-order valence-electron chi connectivity index (χ0n) is 14.4. The quantitative estimate of drug-likeness (QED) is 0.637. The fraction of sp³-hybridized carbons (Fsp3) is 0.100. The molecule has 1 atom stereocenters. The largest absolute Gasteiger partial charge is 0.416 e. The van der Waals surface area contributed by atoms with Crippen LogP contribution in [0.5, 0.6) is 0 Å². The molecule has 1 aromatic heterocycles. The van der Waals surface area contributed by atoms with Gasteiger partial charge in [-0.1, -0.05) is 42.5 Å². The topological polar surface area (TPSA) is 58.2 Å². The number of hydrogen-bond donors (Lipinski definition) is 2. The van der Waals surface area contributed by atoms with E-state index in [-0.39, 0.29) is 5.69 Å². The molecule has 8 heteroatoms. The van der Waals surface area contributed by atoms with Gasteiger partial charge < -0.3 is 10.6 Å². The summed E-state index contributed by atoms with van der Waals surface area (Å²) >= 11 is 1.22. The SMILES string of the molecule is O=C(N[C@@H](C(=O)Nc1cccc(C(F)(F)F)c1)c1ccccc1)c1cccs1. The molecule has 28 heavy (non-hydrogen) atoms. The summed E-state index contributed by atoms with van der Waals surface area (Å²) in [6.07, 6.45) is -4.52. The zero-order valence-corrected chi connectivity index (χ0v) is 15.2. The van der Waals surface area contributed by atoms with Gasteiger partial charge in [-0.25, -0.2) is 0 Å². The molecular weight excluding hydrogens is 389 g/mol. The van der Waals surface area contributed by atoms with Crippen molar-refractivity contribution in [2.45, 2.75) is 12.2 Å². The van der Waals surface area contributed by atoms with E-state index in [0.717, 1.165) is 12.1 Å². The molecule has 0 saturated carbocycles. The lowest BCUT2D eigenvalue weighted by Crippen LogP contribution is -2.36. The molecule has 0 radical (unpaired) electrons. The first-order valence-corrected chi connectivity index (χ1v) is 9.10. The van der Waals surface area contributed by atoms with Crippen LogP contribution in [0.4, 0.5) is 18.9 Å². The van der Waals surface area contributed by atoms with Crippen LogP contribution in [-0.2, 0) is 11.0 Å². The Bertz CT molecular complexity index is 957. The second-order valence-electron chi connectivity index (χ2n) is 5.86. The van der Waals surface area contributed by atoms with E-state index in [1.165, 1.54) is 23.5 Å². The Kier molecular flexibility index (Phi) is 5.79. The minimum Gasteiger partial charge on any atom is -0.336 e. The smallest absolute Gasteiger partial charge is 0.336 e. The third-order valence-electron chi connectivity index (χ3n) is 3.87. The van der Waals surface area contributed by atoms with E-state index in [0.29, 0.717) is 10.4 Å². The Labute approximate surface area is 163 Å². The molecule has 3 rings (SSSR count). The molecule has 0 aliphatic carbocycles. The van der Waals surface area contributed by atoms with Gasteiger partial charge in [0.25, 0.3) is 11.8 Å². The molecule has 0 fully saturated rings. The predicted molar refractivity (Wildman–Crippen MR) is 101 cm³/mol. The summed E-state index contributed by atoms with van der Waals surface area (Å²) in [7, 11) is 0. The maximum Gasteiger partial charge on any atom is 0.416 e. The van der Waals surface area contributed by atoms with Crippen LogP contribution in [0.25, 0.3) is 0 Å². The molecule has 2 amide bonds. The molecule has 144 valence electrons. The second-order valence-corrected chi connectivity index (χ2v) is 6.81. The fourth-order valence-electron chi connectivity index (χ4n) is 2.54. The minimum atomic E-state index is -4.52. The molecule has 0 spiro atoms. The van der Waals surface area contributed by atoms with Crippen molar-refractivity contribution in [3.05, 3.63) is 88.1 Å². The van der Waals surface area contributed by atoms with Crippen LogP contribution in [0.1, 0.15) is 26.8 Å².